The van der Waals surface area contributed by atoms with Gasteiger partial charge in [0.05, 0.1) is 0 Å². The van der Waals surface area contributed by atoms with Crippen molar-refractivity contribution in [2.24, 2.45) is 0 Å². The van der Waals surface area contributed by atoms with E-state index in [4.69, 9.17) is 0 Å². The summed E-state index contributed by atoms with van der Waals surface area (Å²) in [6.45, 7) is 0. The predicted octanol–water partition coefficient (Wildman–Crippen LogP) is -3.91. The molecule has 0 aliphatic rings. The van der Waals surface area contributed by atoms with Gasteiger partial charge in [0.25, 0.3) is 0 Å². The van der Waals surface area contributed by atoms with Gasteiger partial charge in [0.15, 0.2) is 0 Å². The minimum absolute atomic E-state index is 0. The van der Waals surface area contributed by atoms with Gasteiger partial charge >= 0.3 is 89.1 Å². The van der Waals surface area contributed by atoms with E-state index in [2.05, 4.69) is 0 Å². The molecule has 3 N–H and O–H groups in total. The van der Waals surface area contributed by atoms with Crippen LogP contribution in [0.5, 0.6) is 0 Å². The van der Waals surface area contributed by atoms with Gasteiger partial charge in [-0.05, 0) is 0 Å². The van der Waals surface area contributed by atoms with Crippen molar-refractivity contribution in [3.8, 4) is 0 Å². The fourth-order valence-electron chi connectivity index (χ4n) is 0. The van der Waals surface area contributed by atoms with Crippen molar-refractivity contribution in [1.29, 1.82) is 0 Å². The van der Waals surface area contributed by atoms with Crippen LogP contribution in [-0.2, 0) is 0 Å². The van der Waals surface area contributed by atoms with Gasteiger partial charge in [0.1, 0.15) is 0 Å². The van der Waals surface area contributed by atoms with E-state index in [0.717, 1.165) is 0 Å². The monoisotopic (exact) mass is 130 g/mol. The molecule has 0 aromatic rings. The standard InChI is InChI=1S/Ca.K.3H2O/h;;3*1H2/q+2;+1;;;/p-3. The van der Waals surface area contributed by atoms with Crippen molar-refractivity contribution < 1.29 is 67.8 Å². The van der Waals surface area contributed by atoms with Crippen LogP contribution in [0.15, 0.2) is 0 Å². The van der Waals surface area contributed by atoms with Gasteiger partial charge in [-0.2, -0.15) is 0 Å². The average molecular weight is 130 g/mol. The molecular formula is H3CaKO3. The third-order valence-electron chi connectivity index (χ3n) is 0. The van der Waals surface area contributed by atoms with Gasteiger partial charge in [0.2, 0.25) is 0 Å². The molecule has 0 saturated carbocycles. The van der Waals surface area contributed by atoms with Crippen LogP contribution in [0.1, 0.15) is 0 Å². The normalized spacial score (nSPS) is 0. The molecule has 5 heavy (non-hydrogen) atoms. The van der Waals surface area contributed by atoms with E-state index in [1.54, 1.807) is 0 Å². The zero-order chi connectivity index (χ0) is 0. The molecule has 0 aliphatic heterocycles. The molecule has 0 atom stereocenters. The van der Waals surface area contributed by atoms with E-state index in [-0.39, 0.29) is 106 Å². The molecule has 0 fully saturated rings. The molecule has 0 aromatic heterocycles. The Hall–Kier alpha value is 2.78. The second-order valence-electron chi connectivity index (χ2n) is 0. The molecular weight excluding hydrogens is 127 g/mol. The summed E-state index contributed by atoms with van der Waals surface area (Å²) in [5.41, 5.74) is 0. The predicted molar refractivity (Wildman–Crippen MR) is 11.6 cm³/mol. The molecule has 0 bridgehead atoms. The van der Waals surface area contributed by atoms with Crippen molar-refractivity contribution in [2.75, 3.05) is 0 Å². The minimum Gasteiger partial charge on any atom is -0.870 e. The first-order valence-electron chi connectivity index (χ1n) is 0. The van der Waals surface area contributed by atoms with E-state index in [9.17, 15) is 0 Å². The van der Waals surface area contributed by atoms with Gasteiger partial charge in [-0.1, -0.05) is 0 Å². The summed E-state index contributed by atoms with van der Waals surface area (Å²) in [5, 5.41) is 0. The van der Waals surface area contributed by atoms with Crippen LogP contribution in [-0.4, -0.2) is 54.2 Å². The van der Waals surface area contributed by atoms with Crippen LogP contribution in [0.3, 0.4) is 0 Å². The number of hydrogen-bond donors (Lipinski definition) is 0. The Balaban J connectivity index is 0. The van der Waals surface area contributed by atoms with Crippen LogP contribution in [0.2, 0.25) is 0 Å². The zero-order valence-electron chi connectivity index (χ0n) is 3.05. The molecule has 5 heteroatoms. The average Bonchev–Trinajstić information content (AvgIpc) is 0. The molecule has 0 heterocycles. The molecule has 0 aromatic carbocycles. The van der Waals surface area contributed by atoms with Crippen LogP contribution >= 0.6 is 0 Å². The summed E-state index contributed by atoms with van der Waals surface area (Å²) < 4.78 is 0. The molecule has 0 unspecified atom stereocenters. The summed E-state index contributed by atoms with van der Waals surface area (Å²) in [6, 6.07) is 0. The Morgan fingerprint density at radius 2 is 0.600 bits per heavy atom. The topological polar surface area (TPSA) is 90.0 Å². The van der Waals surface area contributed by atoms with E-state index in [1.807, 2.05) is 0 Å². The quantitative estimate of drug-likeness (QED) is 0.314. The summed E-state index contributed by atoms with van der Waals surface area (Å²) in [4.78, 5) is 0. The first-order chi connectivity index (χ1) is 0. The summed E-state index contributed by atoms with van der Waals surface area (Å²) in [6.07, 6.45) is 0. The van der Waals surface area contributed by atoms with E-state index in [1.165, 1.54) is 0 Å². The Labute approximate surface area is 103 Å². The van der Waals surface area contributed by atoms with E-state index < -0.39 is 0 Å². The van der Waals surface area contributed by atoms with Crippen LogP contribution in [0.25, 0.3) is 0 Å². The fraction of sp³-hybridized carbons (Fsp3) is 0. The smallest absolute Gasteiger partial charge is 0.870 e. The van der Waals surface area contributed by atoms with Gasteiger partial charge in [-0.15, -0.1) is 0 Å². The molecule has 0 radical (unpaired) electrons. The van der Waals surface area contributed by atoms with Gasteiger partial charge in [0, 0.05) is 0 Å². The Morgan fingerprint density at radius 3 is 0.600 bits per heavy atom. The Morgan fingerprint density at radius 1 is 0.600 bits per heavy atom. The maximum Gasteiger partial charge on any atom is 2.00 e. The second-order valence-corrected chi connectivity index (χ2v) is 0. The molecule has 3 nitrogen and oxygen atoms in total. The maximum atomic E-state index is 0. The van der Waals surface area contributed by atoms with Crippen LogP contribution in [0, 0.1) is 0 Å². The fourth-order valence-corrected chi connectivity index (χ4v) is 0. The number of hydrogen-bond acceptors (Lipinski definition) is 3. The third kappa shape index (κ3) is 20.1. The van der Waals surface area contributed by atoms with Crippen LogP contribution in [0.4, 0.5) is 0 Å². The van der Waals surface area contributed by atoms with Crippen molar-refractivity contribution in [2.45, 2.75) is 0 Å². The Kier molecular flexibility index (Phi) is 272. The van der Waals surface area contributed by atoms with Gasteiger partial charge < -0.3 is 16.4 Å². The third-order valence-corrected chi connectivity index (χ3v) is 0. The van der Waals surface area contributed by atoms with Crippen molar-refractivity contribution in [3.05, 3.63) is 0 Å². The van der Waals surface area contributed by atoms with Crippen LogP contribution < -0.4 is 51.4 Å². The molecule has 0 aliphatic carbocycles. The minimum atomic E-state index is 0. The summed E-state index contributed by atoms with van der Waals surface area (Å²) in [5.74, 6) is 0. The molecule has 0 amide bonds. The van der Waals surface area contributed by atoms with E-state index in [0.29, 0.717) is 0 Å². The molecule has 0 rings (SSSR count). The van der Waals surface area contributed by atoms with Gasteiger partial charge in [-0.3, -0.25) is 0 Å². The SMILES string of the molecule is [Ca+2].[K+].[OH-].[OH-].[OH-]. The molecule has 24 valence electrons. The first-order valence-corrected chi connectivity index (χ1v) is 0. The number of rotatable bonds is 0. The van der Waals surface area contributed by atoms with E-state index >= 15 is 0 Å². The summed E-state index contributed by atoms with van der Waals surface area (Å²) >= 11 is 0. The summed E-state index contributed by atoms with van der Waals surface area (Å²) in [7, 11) is 0. The molecule has 0 saturated heterocycles. The maximum absolute atomic E-state index is 0. The van der Waals surface area contributed by atoms with Crippen molar-refractivity contribution >= 4 is 37.7 Å². The van der Waals surface area contributed by atoms with Crippen molar-refractivity contribution in [1.82, 2.24) is 0 Å². The largest absolute Gasteiger partial charge is 2.00 e. The Bertz CT molecular complexity index is 6.85. The zero-order valence-corrected chi connectivity index (χ0v) is 8.38. The first kappa shape index (κ1) is 46.3. The van der Waals surface area contributed by atoms with Crippen molar-refractivity contribution in [3.63, 3.8) is 0 Å². The second kappa shape index (κ2) is 29.3. The van der Waals surface area contributed by atoms with Gasteiger partial charge in [-0.25, -0.2) is 0 Å². The molecule has 0 spiro atoms.